The molecule has 0 radical (unpaired) electrons. The van der Waals surface area contributed by atoms with E-state index in [4.69, 9.17) is 9.47 Å². The lowest BCUT2D eigenvalue weighted by Crippen LogP contribution is -2.36. The molecule has 0 heterocycles. The summed E-state index contributed by atoms with van der Waals surface area (Å²) < 4.78 is 11.7. The third-order valence-electron chi connectivity index (χ3n) is 4.95. The van der Waals surface area contributed by atoms with Crippen molar-refractivity contribution in [1.29, 1.82) is 0 Å². The SMILES string of the molecule is CCOc1ccc(C(=O)NC2CCCCC2)cc1COc1cccc(C)c1. The lowest BCUT2D eigenvalue weighted by molar-refractivity contribution is 0.0927. The van der Waals surface area contributed by atoms with Gasteiger partial charge in [0.15, 0.2) is 0 Å². The van der Waals surface area contributed by atoms with Crippen molar-refractivity contribution in [3.63, 3.8) is 0 Å². The van der Waals surface area contributed by atoms with Gasteiger partial charge in [0.1, 0.15) is 18.1 Å². The second kappa shape index (κ2) is 9.45. The number of rotatable bonds is 7. The van der Waals surface area contributed by atoms with E-state index >= 15 is 0 Å². The summed E-state index contributed by atoms with van der Waals surface area (Å²) in [6.07, 6.45) is 5.82. The van der Waals surface area contributed by atoms with Gasteiger partial charge in [-0.25, -0.2) is 0 Å². The Kier molecular flexibility index (Phi) is 6.74. The Morgan fingerprint density at radius 1 is 1.07 bits per heavy atom. The smallest absolute Gasteiger partial charge is 0.251 e. The molecule has 0 aromatic heterocycles. The van der Waals surface area contributed by atoms with E-state index in [-0.39, 0.29) is 5.91 Å². The van der Waals surface area contributed by atoms with Gasteiger partial charge in [0.25, 0.3) is 5.91 Å². The molecule has 0 saturated heterocycles. The molecule has 27 heavy (non-hydrogen) atoms. The van der Waals surface area contributed by atoms with Crippen LogP contribution in [0.1, 0.15) is 60.5 Å². The first kappa shape index (κ1) is 19.3. The predicted octanol–water partition coefficient (Wildman–Crippen LogP) is 5.04. The molecule has 4 nitrogen and oxygen atoms in total. The van der Waals surface area contributed by atoms with E-state index in [1.54, 1.807) is 0 Å². The molecule has 0 atom stereocenters. The molecule has 3 rings (SSSR count). The normalized spacial score (nSPS) is 14.6. The van der Waals surface area contributed by atoms with Gasteiger partial charge >= 0.3 is 0 Å². The number of benzene rings is 2. The van der Waals surface area contributed by atoms with Crippen molar-refractivity contribution >= 4 is 5.91 Å². The summed E-state index contributed by atoms with van der Waals surface area (Å²) in [6.45, 7) is 4.93. The quantitative estimate of drug-likeness (QED) is 0.746. The molecule has 2 aromatic carbocycles. The highest BCUT2D eigenvalue weighted by atomic mass is 16.5. The van der Waals surface area contributed by atoms with Gasteiger partial charge in [-0.1, -0.05) is 31.4 Å². The maximum absolute atomic E-state index is 12.7. The first-order chi connectivity index (χ1) is 13.2. The Bertz CT molecular complexity index is 766. The van der Waals surface area contributed by atoms with E-state index in [0.29, 0.717) is 24.8 Å². The Balaban J connectivity index is 1.72. The lowest BCUT2D eigenvalue weighted by Gasteiger charge is -2.23. The van der Waals surface area contributed by atoms with Crippen LogP contribution in [0.3, 0.4) is 0 Å². The maximum atomic E-state index is 12.7. The molecule has 144 valence electrons. The molecule has 2 aromatic rings. The summed E-state index contributed by atoms with van der Waals surface area (Å²) in [6, 6.07) is 13.8. The molecule has 0 spiro atoms. The first-order valence-corrected chi connectivity index (χ1v) is 9.91. The van der Waals surface area contributed by atoms with Crippen LogP contribution in [-0.4, -0.2) is 18.6 Å². The van der Waals surface area contributed by atoms with Gasteiger partial charge in [0.2, 0.25) is 0 Å². The summed E-state index contributed by atoms with van der Waals surface area (Å²) in [4.78, 5) is 12.7. The number of amides is 1. The molecule has 1 aliphatic rings. The van der Waals surface area contributed by atoms with Crippen LogP contribution in [0.15, 0.2) is 42.5 Å². The number of carbonyl (C=O) groups is 1. The number of ether oxygens (including phenoxy) is 2. The van der Waals surface area contributed by atoms with Gasteiger partial charge < -0.3 is 14.8 Å². The van der Waals surface area contributed by atoms with Crippen molar-refractivity contribution in [2.45, 2.75) is 58.6 Å². The van der Waals surface area contributed by atoms with Crippen molar-refractivity contribution < 1.29 is 14.3 Å². The minimum absolute atomic E-state index is 0.0123. The second-order valence-corrected chi connectivity index (χ2v) is 7.17. The van der Waals surface area contributed by atoms with Gasteiger partial charge in [-0.15, -0.1) is 0 Å². The van der Waals surface area contributed by atoms with Gasteiger partial charge in [0, 0.05) is 17.2 Å². The molecule has 0 unspecified atom stereocenters. The summed E-state index contributed by atoms with van der Waals surface area (Å²) in [5.74, 6) is 1.57. The van der Waals surface area contributed by atoms with Crippen LogP contribution in [0.2, 0.25) is 0 Å². The molecule has 4 heteroatoms. The second-order valence-electron chi connectivity index (χ2n) is 7.17. The largest absolute Gasteiger partial charge is 0.493 e. The standard InChI is InChI=1S/C23H29NO3/c1-3-26-22-13-12-18(23(25)24-20-9-5-4-6-10-20)15-19(22)16-27-21-11-7-8-17(2)14-21/h7-8,11-15,20H,3-6,9-10,16H2,1-2H3,(H,24,25). The lowest BCUT2D eigenvalue weighted by atomic mass is 9.95. The average Bonchev–Trinajstić information content (AvgIpc) is 2.68. The van der Waals surface area contributed by atoms with E-state index < -0.39 is 0 Å². The zero-order valence-corrected chi connectivity index (χ0v) is 16.3. The predicted molar refractivity (Wildman–Crippen MR) is 107 cm³/mol. The molecule has 1 saturated carbocycles. The summed E-state index contributed by atoms with van der Waals surface area (Å²) in [5, 5.41) is 3.17. The Labute approximate surface area is 161 Å². The molecule has 0 aliphatic heterocycles. The maximum Gasteiger partial charge on any atom is 0.251 e. The Hall–Kier alpha value is -2.49. The number of aryl methyl sites for hydroxylation is 1. The van der Waals surface area contributed by atoms with Gasteiger partial charge in [-0.3, -0.25) is 4.79 Å². The minimum atomic E-state index is -0.0123. The number of hydrogen-bond donors (Lipinski definition) is 1. The van der Waals surface area contributed by atoms with E-state index in [0.717, 1.165) is 35.5 Å². The fraction of sp³-hybridized carbons (Fsp3) is 0.435. The fourth-order valence-electron chi connectivity index (χ4n) is 3.51. The van der Waals surface area contributed by atoms with Gasteiger partial charge in [-0.05, 0) is 62.6 Å². The fourth-order valence-corrected chi connectivity index (χ4v) is 3.51. The van der Waals surface area contributed by atoms with E-state index in [9.17, 15) is 4.79 Å². The first-order valence-electron chi connectivity index (χ1n) is 9.91. The van der Waals surface area contributed by atoms with Crippen LogP contribution in [0, 0.1) is 6.92 Å². The molecule has 1 aliphatic carbocycles. The summed E-state index contributed by atoms with van der Waals surface area (Å²) in [7, 11) is 0. The number of carbonyl (C=O) groups excluding carboxylic acids is 1. The van der Waals surface area contributed by atoms with Crippen LogP contribution >= 0.6 is 0 Å². The van der Waals surface area contributed by atoms with Crippen molar-refractivity contribution in [2.75, 3.05) is 6.61 Å². The molecule has 1 N–H and O–H groups in total. The van der Waals surface area contributed by atoms with Crippen LogP contribution < -0.4 is 14.8 Å². The highest BCUT2D eigenvalue weighted by molar-refractivity contribution is 5.94. The van der Waals surface area contributed by atoms with Crippen LogP contribution in [-0.2, 0) is 6.61 Å². The summed E-state index contributed by atoms with van der Waals surface area (Å²) in [5.41, 5.74) is 2.69. The van der Waals surface area contributed by atoms with E-state index in [1.807, 2.05) is 56.3 Å². The molecule has 1 fully saturated rings. The Morgan fingerprint density at radius 3 is 2.63 bits per heavy atom. The average molecular weight is 367 g/mol. The zero-order valence-electron chi connectivity index (χ0n) is 16.3. The van der Waals surface area contributed by atoms with Crippen molar-refractivity contribution in [3.05, 3.63) is 59.2 Å². The zero-order chi connectivity index (χ0) is 19.1. The molecular formula is C23H29NO3. The molecule has 1 amide bonds. The highest BCUT2D eigenvalue weighted by Crippen LogP contribution is 2.24. The third-order valence-corrected chi connectivity index (χ3v) is 4.95. The van der Waals surface area contributed by atoms with Crippen molar-refractivity contribution in [1.82, 2.24) is 5.32 Å². The Morgan fingerprint density at radius 2 is 1.89 bits per heavy atom. The van der Waals surface area contributed by atoms with Crippen LogP contribution in [0.5, 0.6) is 11.5 Å². The summed E-state index contributed by atoms with van der Waals surface area (Å²) >= 11 is 0. The minimum Gasteiger partial charge on any atom is -0.493 e. The number of nitrogens with one attached hydrogen (secondary N) is 1. The molecule has 0 bridgehead atoms. The van der Waals surface area contributed by atoms with Crippen LogP contribution in [0.4, 0.5) is 0 Å². The highest BCUT2D eigenvalue weighted by Gasteiger charge is 2.18. The topological polar surface area (TPSA) is 47.6 Å². The monoisotopic (exact) mass is 367 g/mol. The van der Waals surface area contributed by atoms with Gasteiger partial charge in [0.05, 0.1) is 6.61 Å². The third kappa shape index (κ3) is 5.49. The van der Waals surface area contributed by atoms with Crippen molar-refractivity contribution in [2.24, 2.45) is 0 Å². The van der Waals surface area contributed by atoms with Gasteiger partial charge in [-0.2, -0.15) is 0 Å². The van der Waals surface area contributed by atoms with Crippen LogP contribution in [0.25, 0.3) is 0 Å². The van der Waals surface area contributed by atoms with Crippen molar-refractivity contribution in [3.8, 4) is 11.5 Å². The molecular weight excluding hydrogens is 338 g/mol. The number of hydrogen-bond acceptors (Lipinski definition) is 3. The van der Waals surface area contributed by atoms with E-state index in [2.05, 4.69) is 5.32 Å². The van der Waals surface area contributed by atoms with E-state index in [1.165, 1.54) is 19.3 Å².